The van der Waals surface area contributed by atoms with Crippen molar-refractivity contribution >= 4 is 17.9 Å². The molecule has 2 nitrogen and oxygen atoms in total. The van der Waals surface area contributed by atoms with Gasteiger partial charge >= 0.3 is 0 Å². The molecule has 3 heteroatoms. The fraction of sp³-hybridized carbons (Fsp3) is 0.188. The van der Waals surface area contributed by atoms with Crippen LogP contribution in [0.2, 0.25) is 5.02 Å². The van der Waals surface area contributed by atoms with Gasteiger partial charge in [0, 0.05) is 5.02 Å². The Morgan fingerprint density at radius 3 is 2.26 bits per heavy atom. The van der Waals surface area contributed by atoms with E-state index in [4.69, 9.17) is 16.3 Å². The Hall–Kier alpha value is -1.80. The molecule has 2 aromatic carbocycles. The number of ether oxygens (including phenoxy) is 1. The van der Waals surface area contributed by atoms with E-state index >= 15 is 0 Å². The van der Waals surface area contributed by atoms with Crippen LogP contribution < -0.4 is 4.74 Å². The number of hydrogen-bond donors (Lipinski definition) is 0. The quantitative estimate of drug-likeness (QED) is 0.747. The first-order chi connectivity index (χ1) is 9.01. The highest BCUT2D eigenvalue weighted by molar-refractivity contribution is 6.32. The maximum Gasteiger partial charge on any atom is 0.153 e. The third-order valence-electron chi connectivity index (χ3n) is 2.93. The van der Waals surface area contributed by atoms with Gasteiger partial charge in [0.25, 0.3) is 0 Å². The van der Waals surface area contributed by atoms with E-state index in [0.717, 1.165) is 28.0 Å². The number of benzene rings is 2. The topological polar surface area (TPSA) is 26.3 Å². The van der Waals surface area contributed by atoms with Gasteiger partial charge in [-0.05, 0) is 56.2 Å². The molecule has 0 N–H and O–H groups in total. The predicted molar refractivity (Wildman–Crippen MR) is 77.6 cm³/mol. The first-order valence-electron chi connectivity index (χ1n) is 6.01. The number of aryl methyl sites for hydroxylation is 3. The van der Waals surface area contributed by atoms with E-state index in [1.165, 1.54) is 0 Å². The van der Waals surface area contributed by atoms with Crippen molar-refractivity contribution in [1.82, 2.24) is 0 Å². The zero-order chi connectivity index (χ0) is 14.0. The van der Waals surface area contributed by atoms with E-state index in [2.05, 4.69) is 0 Å². The van der Waals surface area contributed by atoms with Crippen LogP contribution in [0.3, 0.4) is 0 Å². The minimum atomic E-state index is 0.547. The van der Waals surface area contributed by atoms with Crippen molar-refractivity contribution in [2.45, 2.75) is 20.8 Å². The monoisotopic (exact) mass is 274 g/mol. The maximum atomic E-state index is 11.1. The Morgan fingerprint density at radius 1 is 1.05 bits per heavy atom. The summed E-state index contributed by atoms with van der Waals surface area (Å²) in [4.78, 5) is 11.1. The number of halogens is 1. The summed E-state index contributed by atoms with van der Waals surface area (Å²) in [7, 11) is 0. The van der Waals surface area contributed by atoms with Gasteiger partial charge in [0.15, 0.2) is 6.29 Å². The Bertz CT molecular complexity index is 610. The van der Waals surface area contributed by atoms with Crippen molar-refractivity contribution in [3.8, 4) is 11.5 Å². The zero-order valence-electron chi connectivity index (χ0n) is 11.2. The Labute approximate surface area is 118 Å². The number of hydrogen-bond acceptors (Lipinski definition) is 2. The van der Waals surface area contributed by atoms with Crippen LogP contribution in [-0.4, -0.2) is 6.29 Å². The van der Waals surface area contributed by atoms with Crippen molar-refractivity contribution in [3.63, 3.8) is 0 Å². The molecule has 0 spiro atoms. The van der Waals surface area contributed by atoms with Crippen molar-refractivity contribution in [2.75, 3.05) is 0 Å². The average molecular weight is 275 g/mol. The molecule has 0 aliphatic carbocycles. The van der Waals surface area contributed by atoms with E-state index < -0.39 is 0 Å². The van der Waals surface area contributed by atoms with Crippen LogP contribution in [0, 0.1) is 20.8 Å². The molecule has 0 atom stereocenters. The summed E-state index contributed by atoms with van der Waals surface area (Å²) in [6.45, 7) is 5.79. The Balaban J connectivity index is 2.39. The lowest BCUT2D eigenvalue weighted by Gasteiger charge is -2.11. The van der Waals surface area contributed by atoms with E-state index in [-0.39, 0.29) is 0 Å². The van der Waals surface area contributed by atoms with Crippen molar-refractivity contribution in [2.24, 2.45) is 0 Å². The van der Waals surface area contributed by atoms with Crippen LogP contribution in [0.15, 0.2) is 30.3 Å². The fourth-order valence-electron chi connectivity index (χ4n) is 1.94. The molecule has 0 saturated heterocycles. The third-order valence-corrected chi connectivity index (χ3v) is 3.53. The van der Waals surface area contributed by atoms with Gasteiger partial charge in [0.05, 0.1) is 5.56 Å². The molecule has 2 rings (SSSR count). The van der Waals surface area contributed by atoms with Gasteiger partial charge in [0.2, 0.25) is 0 Å². The van der Waals surface area contributed by atoms with E-state index in [0.29, 0.717) is 17.1 Å². The lowest BCUT2D eigenvalue weighted by molar-refractivity contribution is 0.112. The first kappa shape index (κ1) is 13.6. The largest absolute Gasteiger partial charge is 0.457 e. The first-order valence-corrected chi connectivity index (χ1v) is 6.39. The molecular weight excluding hydrogens is 260 g/mol. The lowest BCUT2D eigenvalue weighted by Crippen LogP contribution is -1.93. The number of aldehydes is 1. The van der Waals surface area contributed by atoms with E-state index in [1.54, 1.807) is 12.1 Å². The van der Waals surface area contributed by atoms with Crippen LogP contribution in [0.25, 0.3) is 0 Å². The molecule has 0 saturated carbocycles. The van der Waals surface area contributed by atoms with Crippen molar-refractivity contribution < 1.29 is 9.53 Å². The summed E-state index contributed by atoms with van der Waals surface area (Å²) in [5, 5.41) is 0.742. The fourth-order valence-corrected chi connectivity index (χ4v) is 2.05. The molecule has 0 aliphatic rings. The standard InChI is InChI=1S/C16H15ClO2/c1-10-4-5-15(13(6-10)9-18)19-14-7-11(2)16(17)12(3)8-14/h4-9H,1-3H3. The number of carbonyl (C=O) groups is 1. The molecule has 2 aromatic rings. The lowest BCUT2D eigenvalue weighted by atomic mass is 10.1. The summed E-state index contributed by atoms with van der Waals surface area (Å²) in [6, 6.07) is 9.25. The van der Waals surface area contributed by atoms with Gasteiger partial charge < -0.3 is 4.74 Å². The predicted octanol–water partition coefficient (Wildman–Crippen LogP) is 4.87. The van der Waals surface area contributed by atoms with Crippen molar-refractivity contribution in [3.05, 3.63) is 57.6 Å². The molecule has 0 fully saturated rings. The van der Waals surface area contributed by atoms with Crippen molar-refractivity contribution in [1.29, 1.82) is 0 Å². The van der Waals surface area contributed by atoms with Crippen LogP contribution in [0.4, 0.5) is 0 Å². The second-order valence-electron chi connectivity index (χ2n) is 4.63. The summed E-state index contributed by atoms with van der Waals surface area (Å²) in [5.74, 6) is 1.24. The number of carbonyl (C=O) groups excluding carboxylic acids is 1. The van der Waals surface area contributed by atoms with Crippen LogP contribution in [0.1, 0.15) is 27.0 Å². The smallest absolute Gasteiger partial charge is 0.153 e. The number of rotatable bonds is 3. The SMILES string of the molecule is Cc1ccc(Oc2cc(C)c(Cl)c(C)c2)c(C=O)c1. The summed E-state index contributed by atoms with van der Waals surface area (Å²) < 4.78 is 5.78. The highest BCUT2D eigenvalue weighted by Crippen LogP contribution is 2.30. The van der Waals surface area contributed by atoms with Gasteiger partial charge in [-0.15, -0.1) is 0 Å². The molecule has 0 aliphatic heterocycles. The van der Waals surface area contributed by atoms with Gasteiger partial charge in [0.1, 0.15) is 11.5 Å². The molecule has 0 heterocycles. The molecule has 0 aromatic heterocycles. The molecule has 98 valence electrons. The minimum Gasteiger partial charge on any atom is -0.457 e. The third kappa shape index (κ3) is 2.96. The molecule has 0 unspecified atom stereocenters. The molecule has 19 heavy (non-hydrogen) atoms. The second kappa shape index (κ2) is 5.45. The van der Waals surface area contributed by atoms with Gasteiger partial charge in [-0.1, -0.05) is 23.2 Å². The summed E-state index contributed by atoms with van der Waals surface area (Å²) in [6.07, 6.45) is 0.804. The minimum absolute atomic E-state index is 0.547. The average Bonchev–Trinajstić information content (AvgIpc) is 2.38. The van der Waals surface area contributed by atoms with Gasteiger partial charge in [-0.3, -0.25) is 4.79 Å². The second-order valence-corrected chi connectivity index (χ2v) is 5.01. The summed E-state index contributed by atoms with van der Waals surface area (Å²) >= 11 is 6.12. The van der Waals surface area contributed by atoms with Crippen LogP contribution in [0.5, 0.6) is 11.5 Å². The maximum absolute atomic E-state index is 11.1. The molecule has 0 bridgehead atoms. The molecular formula is C16H15ClO2. The van der Waals surface area contributed by atoms with E-state index in [9.17, 15) is 4.79 Å². The molecule has 0 radical (unpaired) electrons. The Kier molecular flexibility index (Phi) is 3.91. The normalized spacial score (nSPS) is 10.3. The van der Waals surface area contributed by atoms with E-state index in [1.807, 2.05) is 39.0 Å². The van der Waals surface area contributed by atoms with Crippen LogP contribution in [-0.2, 0) is 0 Å². The molecule has 0 amide bonds. The van der Waals surface area contributed by atoms with Gasteiger partial charge in [-0.2, -0.15) is 0 Å². The van der Waals surface area contributed by atoms with Gasteiger partial charge in [-0.25, -0.2) is 0 Å². The zero-order valence-corrected chi connectivity index (χ0v) is 11.9. The highest BCUT2D eigenvalue weighted by atomic mass is 35.5. The Morgan fingerprint density at radius 2 is 1.68 bits per heavy atom. The van der Waals surface area contributed by atoms with Crippen LogP contribution >= 0.6 is 11.6 Å². The highest BCUT2D eigenvalue weighted by Gasteiger charge is 2.08. The summed E-state index contributed by atoms with van der Waals surface area (Å²) in [5.41, 5.74) is 3.48.